The Labute approximate surface area is 96.4 Å². The normalized spacial score (nSPS) is 17.8. The summed E-state index contributed by atoms with van der Waals surface area (Å²) in [7, 11) is 0. The van der Waals surface area contributed by atoms with Gasteiger partial charge in [-0.2, -0.15) is 0 Å². The van der Waals surface area contributed by atoms with E-state index in [-0.39, 0.29) is 12.4 Å². The highest BCUT2D eigenvalue weighted by Gasteiger charge is 2.33. The summed E-state index contributed by atoms with van der Waals surface area (Å²) in [5, 5.41) is 52.9. The maximum Gasteiger partial charge on any atom is 0.294 e. The fraction of sp³-hybridized carbons (Fsp3) is 1.00. The summed E-state index contributed by atoms with van der Waals surface area (Å²) < 4.78 is 0. The minimum atomic E-state index is -1.89. The van der Waals surface area contributed by atoms with Gasteiger partial charge in [0.1, 0.15) is 18.3 Å². The van der Waals surface area contributed by atoms with Crippen molar-refractivity contribution >= 4 is 12.4 Å². The Morgan fingerprint density at radius 3 is 1.94 bits per heavy atom. The second-order valence-corrected chi connectivity index (χ2v) is 2.78. The summed E-state index contributed by atoms with van der Waals surface area (Å²) in [6.07, 6.45) is -7.10. The number of halogens is 1. The maximum absolute atomic E-state index is 9.90. The highest BCUT2D eigenvalue weighted by atomic mass is 35.5. The van der Waals surface area contributed by atoms with E-state index in [1.54, 1.807) is 0 Å². The Morgan fingerprint density at radius 2 is 1.62 bits per heavy atom. The Morgan fingerprint density at radius 1 is 1.12 bits per heavy atom. The quantitative estimate of drug-likeness (QED) is 0.241. The lowest BCUT2D eigenvalue weighted by atomic mass is 10.0. The van der Waals surface area contributed by atoms with Crippen LogP contribution in [0.25, 0.3) is 0 Å². The second kappa shape index (κ2) is 8.44. The Hall–Kier alpha value is -0.710. The summed E-state index contributed by atoms with van der Waals surface area (Å²) in [5.74, 6) is 0. The third kappa shape index (κ3) is 5.39. The van der Waals surface area contributed by atoms with Crippen molar-refractivity contribution in [1.82, 2.24) is 0 Å². The van der Waals surface area contributed by atoms with E-state index in [0.29, 0.717) is 0 Å². The van der Waals surface area contributed by atoms with Crippen LogP contribution in [0.4, 0.5) is 0 Å². The van der Waals surface area contributed by atoms with Crippen molar-refractivity contribution in [2.45, 2.75) is 24.4 Å². The Bertz CT molecular complexity index is 205. The number of rotatable bonds is 7. The van der Waals surface area contributed by atoms with Crippen molar-refractivity contribution < 1.29 is 35.5 Å². The molecule has 4 atom stereocenters. The van der Waals surface area contributed by atoms with Gasteiger partial charge in [0, 0.05) is 0 Å². The SMILES string of the molecule is Cl.O=[N+]([O-])O[C@@H](CO)[C@@H](O)[C@H](O)[C@@H](O)CO. The van der Waals surface area contributed by atoms with E-state index in [0.717, 1.165) is 0 Å². The second-order valence-electron chi connectivity index (χ2n) is 2.78. The largest absolute Gasteiger partial charge is 0.394 e. The third-order valence-corrected chi connectivity index (χ3v) is 1.71. The van der Waals surface area contributed by atoms with E-state index >= 15 is 0 Å². The lowest BCUT2D eigenvalue weighted by Gasteiger charge is -2.25. The van der Waals surface area contributed by atoms with E-state index in [9.17, 15) is 15.2 Å². The van der Waals surface area contributed by atoms with Crippen LogP contribution in [-0.2, 0) is 4.84 Å². The molecule has 0 aromatic carbocycles. The zero-order valence-electron chi connectivity index (χ0n) is 8.04. The van der Waals surface area contributed by atoms with Crippen molar-refractivity contribution in [3.05, 3.63) is 10.1 Å². The van der Waals surface area contributed by atoms with Crippen LogP contribution in [0.2, 0.25) is 0 Å². The molecule has 0 unspecified atom stereocenters. The average molecular weight is 264 g/mol. The van der Waals surface area contributed by atoms with Gasteiger partial charge in [0.25, 0.3) is 5.09 Å². The molecule has 0 saturated carbocycles. The molecule has 0 aromatic rings. The van der Waals surface area contributed by atoms with E-state index in [2.05, 4.69) is 4.84 Å². The third-order valence-electron chi connectivity index (χ3n) is 1.71. The van der Waals surface area contributed by atoms with E-state index < -0.39 is 42.7 Å². The smallest absolute Gasteiger partial charge is 0.294 e. The van der Waals surface area contributed by atoms with Gasteiger partial charge in [-0.3, -0.25) is 0 Å². The molecule has 0 saturated heterocycles. The van der Waals surface area contributed by atoms with Gasteiger partial charge in [-0.1, -0.05) is 0 Å². The molecule has 0 radical (unpaired) electrons. The van der Waals surface area contributed by atoms with Crippen LogP contribution in [-0.4, -0.2) is 68.2 Å². The van der Waals surface area contributed by atoms with Gasteiger partial charge < -0.3 is 30.4 Å². The van der Waals surface area contributed by atoms with Crippen LogP contribution in [0, 0.1) is 10.1 Å². The van der Waals surface area contributed by atoms with Gasteiger partial charge in [0.05, 0.1) is 13.2 Å². The number of nitrogens with zero attached hydrogens (tertiary/aromatic N) is 1. The topological polar surface area (TPSA) is 154 Å². The van der Waals surface area contributed by atoms with E-state index in [1.807, 2.05) is 0 Å². The Kier molecular flexibility index (Phi) is 9.33. The predicted molar refractivity (Wildman–Crippen MR) is 51.3 cm³/mol. The first-order chi connectivity index (χ1) is 6.93. The molecule has 0 spiro atoms. The fourth-order valence-corrected chi connectivity index (χ4v) is 0.870. The Balaban J connectivity index is 0. The van der Waals surface area contributed by atoms with Crippen LogP contribution < -0.4 is 0 Å². The first-order valence-corrected chi connectivity index (χ1v) is 4.01. The summed E-state index contributed by atoms with van der Waals surface area (Å²) in [4.78, 5) is 13.7. The van der Waals surface area contributed by atoms with Gasteiger partial charge in [0.15, 0.2) is 6.10 Å². The zero-order chi connectivity index (χ0) is 12.0. The average Bonchev–Trinajstić information content (AvgIpc) is 2.22. The van der Waals surface area contributed by atoms with E-state index in [1.165, 1.54) is 0 Å². The monoisotopic (exact) mass is 263 g/mol. The molecule has 0 aliphatic carbocycles. The van der Waals surface area contributed by atoms with Gasteiger partial charge in [0.2, 0.25) is 0 Å². The first kappa shape index (κ1) is 17.7. The highest BCUT2D eigenvalue weighted by Crippen LogP contribution is 2.08. The first-order valence-electron chi connectivity index (χ1n) is 4.01. The molecule has 98 valence electrons. The molecule has 16 heavy (non-hydrogen) atoms. The molecule has 0 aliphatic heterocycles. The van der Waals surface area contributed by atoms with Crippen molar-refractivity contribution in [2.24, 2.45) is 0 Å². The van der Waals surface area contributed by atoms with Crippen LogP contribution in [0.5, 0.6) is 0 Å². The number of aliphatic hydroxyl groups is 5. The number of hydrogen-bond donors (Lipinski definition) is 5. The summed E-state index contributed by atoms with van der Waals surface area (Å²) >= 11 is 0. The molecule has 0 rings (SSSR count). The van der Waals surface area contributed by atoms with Crippen molar-refractivity contribution in [3.63, 3.8) is 0 Å². The van der Waals surface area contributed by atoms with Crippen molar-refractivity contribution in [3.8, 4) is 0 Å². The van der Waals surface area contributed by atoms with Gasteiger partial charge in [-0.05, 0) is 0 Å². The molecule has 0 fully saturated rings. The predicted octanol–water partition coefficient (Wildman–Crippen LogP) is -2.95. The molecule has 0 amide bonds. The zero-order valence-corrected chi connectivity index (χ0v) is 8.86. The highest BCUT2D eigenvalue weighted by molar-refractivity contribution is 5.85. The summed E-state index contributed by atoms with van der Waals surface area (Å²) in [6, 6.07) is 0. The van der Waals surface area contributed by atoms with Crippen LogP contribution in [0.15, 0.2) is 0 Å². The fourth-order valence-electron chi connectivity index (χ4n) is 0.870. The van der Waals surface area contributed by atoms with Crippen LogP contribution >= 0.6 is 12.4 Å². The molecule has 0 heterocycles. The summed E-state index contributed by atoms with van der Waals surface area (Å²) in [6.45, 7) is -1.76. The lowest BCUT2D eigenvalue weighted by molar-refractivity contribution is -0.771. The molecule has 0 aliphatic rings. The number of hydrogen-bond acceptors (Lipinski definition) is 8. The minimum absolute atomic E-state index is 0. The van der Waals surface area contributed by atoms with Gasteiger partial charge in [-0.15, -0.1) is 22.5 Å². The van der Waals surface area contributed by atoms with Crippen molar-refractivity contribution in [1.29, 1.82) is 0 Å². The van der Waals surface area contributed by atoms with Crippen molar-refractivity contribution in [2.75, 3.05) is 13.2 Å². The molecule has 0 aromatic heterocycles. The molecule has 9 nitrogen and oxygen atoms in total. The standard InChI is InChI=1S/C6H13NO8.ClH/c8-1-3(10)5(11)6(12)4(2-9)15-7(13)14;/h3-6,8-12H,1-2H2;1H/t3-,4-,5+,6+;/m0./s1. The molecule has 5 N–H and O–H groups in total. The number of aliphatic hydroxyl groups excluding tert-OH is 5. The summed E-state index contributed by atoms with van der Waals surface area (Å²) in [5.41, 5.74) is 0. The molecular formula is C6H14ClNO8. The lowest BCUT2D eigenvalue weighted by Crippen LogP contribution is -2.48. The minimum Gasteiger partial charge on any atom is -0.394 e. The maximum atomic E-state index is 9.90. The van der Waals surface area contributed by atoms with Crippen LogP contribution in [0.1, 0.15) is 0 Å². The van der Waals surface area contributed by atoms with Crippen LogP contribution in [0.3, 0.4) is 0 Å². The van der Waals surface area contributed by atoms with Gasteiger partial charge in [-0.25, -0.2) is 0 Å². The van der Waals surface area contributed by atoms with Gasteiger partial charge >= 0.3 is 0 Å². The molecule has 10 heteroatoms. The van der Waals surface area contributed by atoms with E-state index in [4.69, 9.17) is 20.4 Å². The molecule has 0 bridgehead atoms. The molecular weight excluding hydrogens is 250 g/mol.